The Balaban J connectivity index is 1.76. The Bertz CT molecular complexity index is 1020. The fourth-order valence-corrected chi connectivity index (χ4v) is 4.18. The summed E-state index contributed by atoms with van der Waals surface area (Å²) < 4.78 is 39.4. The van der Waals surface area contributed by atoms with Gasteiger partial charge in [-0.15, -0.1) is 0 Å². The van der Waals surface area contributed by atoms with Crippen molar-refractivity contribution in [2.75, 3.05) is 11.5 Å². The van der Waals surface area contributed by atoms with Crippen molar-refractivity contribution in [1.82, 2.24) is 0 Å². The van der Waals surface area contributed by atoms with Crippen LogP contribution < -0.4 is 14.2 Å². The molecule has 0 spiro atoms. The lowest BCUT2D eigenvalue weighted by atomic mass is 10.0. The highest BCUT2D eigenvalue weighted by atomic mass is 32.2. The molecule has 0 radical (unpaired) electrons. The molecule has 4 rings (SSSR count). The van der Waals surface area contributed by atoms with E-state index in [4.69, 9.17) is 9.47 Å². The minimum absolute atomic E-state index is 0.0930. The highest BCUT2D eigenvalue weighted by Crippen LogP contribution is 2.37. The van der Waals surface area contributed by atoms with Gasteiger partial charge >= 0.3 is 0 Å². The summed E-state index contributed by atoms with van der Waals surface area (Å²) in [6.07, 6.45) is 0.475. The summed E-state index contributed by atoms with van der Waals surface area (Å²) in [5.74, 6) is 1.00. The van der Waals surface area contributed by atoms with Crippen LogP contribution in [0.4, 0.5) is 5.69 Å². The zero-order valence-corrected chi connectivity index (χ0v) is 14.7. The van der Waals surface area contributed by atoms with Gasteiger partial charge in [0.2, 0.25) is 6.79 Å². The van der Waals surface area contributed by atoms with Crippen LogP contribution in [0, 0.1) is 0 Å². The van der Waals surface area contributed by atoms with Crippen LogP contribution in [0.3, 0.4) is 0 Å². The van der Waals surface area contributed by atoms with Gasteiger partial charge in [0.15, 0.2) is 11.5 Å². The SMILES string of the molecule is O=S(=O)(Nc1ccccc1)c1cc2c(cc1Cc1ccccc1)OCO2. The average molecular weight is 367 g/mol. The Kier molecular flexibility index (Phi) is 4.26. The molecule has 0 aromatic heterocycles. The quantitative estimate of drug-likeness (QED) is 0.745. The smallest absolute Gasteiger partial charge is 0.262 e. The van der Waals surface area contributed by atoms with E-state index >= 15 is 0 Å². The van der Waals surface area contributed by atoms with Crippen molar-refractivity contribution in [3.63, 3.8) is 0 Å². The van der Waals surface area contributed by atoms with Gasteiger partial charge in [-0.25, -0.2) is 8.42 Å². The summed E-state index contributed by atoms with van der Waals surface area (Å²) in [5.41, 5.74) is 2.18. The number of benzene rings is 3. The van der Waals surface area contributed by atoms with E-state index < -0.39 is 10.0 Å². The molecule has 0 saturated heterocycles. The number of fused-ring (bicyclic) bond motifs is 1. The molecular formula is C20H17NO4S. The molecule has 0 bridgehead atoms. The second kappa shape index (κ2) is 6.72. The molecule has 1 aliphatic rings. The van der Waals surface area contributed by atoms with E-state index in [-0.39, 0.29) is 11.7 Å². The van der Waals surface area contributed by atoms with Crippen LogP contribution in [0.2, 0.25) is 0 Å². The fraction of sp³-hybridized carbons (Fsp3) is 0.100. The summed E-state index contributed by atoms with van der Waals surface area (Å²) in [6.45, 7) is 0.0930. The van der Waals surface area contributed by atoms with Gasteiger partial charge in [0.1, 0.15) is 0 Å². The van der Waals surface area contributed by atoms with Crippen LogP contribution in [0.15, 0.2) is 77.7 Å². The maximum absolute atomic E-state index is 13.0. The van der Waals surface area contributed by atoms with Gasteiger partial charge in [-0.3, -0.25) is 4.72 Å². The molecule has 1 N–H and O–H groups in total. The number of nitrogens with one attached hydrogen (secondary N) is 1. The molecule has 1 heterocycles. The molecule has 0 atom stereocenters. The lowest BCUT2D eigenvalue weighted by Gasteiger charge is -2.14. The average Bonchev–Trinajstić information content (AvgIpc) is 3.10. The van der Waals surface area contributed by atoms with E-state index in [1.165, 1.54) is 6.07 Å². The van der Waals surface area contributed by atoms with E-state index in [2.05, 4.69) is 4.72 Å². The standard InChI is InChI=1S/C20H17NO4S/c22-26(23,21-17-9-5-2-6-10-17)20-13-19-18(24-14-25-19)12-16(20)11-15-7-3-1-4-8-15/h1-10,12-13,21H,11,14H2. The van der Waals surface area contributed by atoms with Crippen LogP contribution in [-0.4, -0.2) is 15.2 Å². The molecule has 26 heavy (non-hydrogen) atoms. The molecule has 0 unspecified atom stereocenters. The molecule has 0 amide bonds. The fourth-order valence-electron chi connectivity index (χ4n) is 2.89. The summed E-state index contributed by atoms with van der Waals surface area (Å²) in [5, 5.41) is 0. The van der Waals surface area contributed by atoms with Gasteiger partial charge < -0.3 is 9.47 Å². The lowest BCUT2D eigenvalue weighted by molar-refractivity contribution is 0.174. The molecule has 0 aliphatic carbocycles. The van der Waals surface area contributed by atoms with Crippen molar-refractivity contribution in [2.45, 2.75) is 11.3 Å². The van der Waals surface area contributed by atoms with Gasteiger partial charge in [-0.05, 0) is 35.7 Å². The van der Waals surface area contributed by atoms with Crippen LogP contribution in [-0.2, 0) is 16.4 Å². The molecule has 132 valence electrons. The minimum Gasteiger partial charge on any atom is -0.454 e. The Morgan fingerprint density at radius 3 is 2.15 bits per heavy atom. The highest BCUT2D eigenvalue weighted by Gasteiger charge is 2.25. The molecule has 3 aromatic rings. The van der Waals surface area contributed by atoms with Crippen LogP contribution in [0.25, 0.3) is 0 Å². The number of rotatable bonds is 5. The van der Waals surface area contributed by atoms with Gasteiger partial charge in [-0.2, -0.15) is 0 Å². The molecule has 0 fully saturated rings. The number of ether oxygens (including phenoxy) is 2. The maximum atomic E-state index is 13.0. The zero-order valence-electron chi connectivity index (χ0n) is 13.9. The van der Waals surface area contributed by atoms with Crippen molar-refractivity contribution in [1.29, 1.82) is 0 Å². The third kappa shape index (κ3) is 3.36. The van der Waals surface area contributed by atoms with Gasteiger partial charge in [0, 0.05) is 11.8 Å². The van der Waals surface area contributed by atoms with E-state index in [0.29, 0.717) is 29.2 Å². The van der Waals surface area contributed by atoms with E-state index in [1.54, 1.807) is 30.3 Å². The Morgan fingerprint density at radius 1 is 0.846 bits per heavy atom. The number of hydrogen-bond donors (Lipinski definition) is 1. The third-order valence-corrected chi connectivity index (χ3v) is 5.57. The second-order valence-electron chi connectivity index (χ2n) is 5.95. The first-order valence-electron chi connectivity index (χ1n) is 8.16. The number of hydrogen-bond acceptors (Lipinski definition) is 4. The summed E-state index contributed by atoms with van der Waals surface area (Å²) in [6, 6.07) is 21.8. The van der Waals surface area contributed by atoms with Crippen molar-refractivity contribution in [3.8, 4) is 11.5 Å². The summed E-state index contributed by atoms with van der Waals surface area (Å²) in [4.78, 5) is 0.189. The van der Waals surface area contributed by atoms with Crippen LogP contribution in [0.5, 0.6) is 11.5 Å². The topological polar surface area (TPSA) is 64.6 Å². The number of anilines is 1. The molecule has 6 heteroatoms. The van der Waals surface area contributed by atoms with Crippen molar-refractivity contribution >= 4 is 15.7 Å². The molecule has 1 aliphatic heterocycles. The van der Waals surface area contributed by atoms with Crippen molar-refractivity contribution in [3.05, 3.63) is 83.9 Å². The first kappa shape index (κ1) is 16.5. The Hall–Kier alpha value is -2.99. The van der Waals surface area contributed by atoms with E-state index in [1.807, 2.05) is 36.4 Å². The minimum atomic E-state index is -3.77. The zero-order chi connectivity index (χ0) is 18.0. The normalized spacial score (nSPS) is 12.8. The number of para-hydroxylation sites is 1. The highest BCUT2D eigenvalue weighted by molar-refractivity contribution is 7.92. The molecule has 0 saturated carbocycles. The third-order valence-electron chi connectivity index (χ3n) is 4.11. The summed E-state index contributed by atoms with van der Waals surface area (Å²) in [7, 11) is -3.77. The molecular weight excluding hydrogens is 350 g/mol. The predicted molar refractivity (Wildman–Crippen MR) is 99.1 cm³/mol. The Morgan fingerprint density at radius 2 is 1.46 bits per heavy atom. The van der Waals surface area contributed by atoms with Gasteiger partial charge in [0.05, 0.1) is 4.90 Å². The predicted octanol–water partition coefficient (Wildman–Crippen LogP) is 3.81. The van der Waals surface area contributed by atoms with Gasteiger partial charge in [0.25, 0.3) is 10.0 Å². The molecule has 5 nitrogen and oxygen atoms in total. The summed E-state index contributed by atoms with van der Waals surface area (Å²) >= 11 is 0. The monoisotopic (exact) mass is 367 g/mol. The van der Waals surface area contributed by atoms with Crippen LogP contribution >= 0.6 is 0 Å². The number of sulfonamides is 1. The van der Waals surface area contributed by atoms with E-state index in [9.17, 15) is 8.42 Å². The van der Waals surface area contributed by atoms with Crippen molar-refractivity contribution < 1.29 is 17.9 Å². The first-order valence-corrected chi connectivity index (χ1v) is 9.64. The van der Waals surface area contributed by atoms with Crippen molar-refractivity contribution in [2.24, 2.45) is 0 Å². The lowest BCUT2D eigenvalue weighted by Crippen LogP contribution is -2.15. The largest absolute Gasteiger partial charge is 0.454 e. The first-order chi connectivity index (χ1) is 12.6. The molecule has 3 aromatic carbocycles. The Labute approximate surface area is 152 Å². The second-order valence-corrected chi connectivity index (χ2v) is 7.60. The van der Waals surface area contributed by atoms with Crippen LogP contribution in [0.1, 0.15) is 11.1 Å². The maximum Gasteiger partial charge on any atom is 0.262 e. The van der Waals surface area contributed by atoms with E-state index in [0.717, 1.165) is 5.56 Å². The van der Waals surface area contributed by atoms with Gasteiger partial charge in [-0.1, -0.05) is 48.5 Å².